The third-order valence-electron chi connectivity index (χ3n) is 7.32. The Bertz CT molecular complexity index is 1100. The number of carbonyl (C=O) groups is 1. The van der Waals surface area contributed by atoms with Crippen molar-refractivity contribution in [3.05, 3.63) is 77.6 Å². The summed E-state index contributed by atoms with van der Waals surface area (Å²) in [6, 6.07) is 15.2. The molecular formula is C28H31FN2O2. The summed E-state index contributed by atoms with van der Waals surface area (Å²) in [6.45, 7) is 3.53. The highest BCUT2D eigenvalue weighted by atomic mass is 19.1. The van der Waals surface area contributed by atoms with Gasteiger partial charge in [0, 0.05) is 30.5 Å². The van der Waals surface area contributed by atoms with E-state index in [4.69, 9.17) is 9.40 Å². The number of aromatic nitrogens is 1. The Kier molecular flexibility index (Phi) is 6.30. The Morgan fingerprint density at radius 2 is 1.85 bits per heavy atom. The fourth-order valence-electron chi connectivity index (χ4n) is 5.41. The largest absolute Gasteiger partial charge is 0.448 e. The number of oxazole rings is 1. The number of aryl methyl sites for hydroxylation is 1. The molecule has 2 atom stereocenters. The Morgan fingerprint density at radius 1 is 1.09 bits per heavy atom. The van der Waals surface area contributed by atoms with Gasteiger partial charge in [0.15, 0.2) is 5.89 Å². The third-order valence-corrected chi connectivity index (χ3v) is 7.32. The Labute approximate surface area is 194 Å². The number of halogens is 1. The highest BCUT2D eigenvalue weighted by Crippen LogP contribution is 2.38. The van der Waals surface area contributed by atoms with Crippen molar-refractivity contribution in [2.75, 3.05) is 13.1 Å². The monoisotopic (exact) mass is 446 g/mol. The number of hydrogen-bond acceptors (Lipinski definition) is 3. The van der Waals surface area contributed by atoms with Gasteiger partial charge in [0.2, 0.25) is 5.91 Å². The summed E-state index contributed by atoms with van der Waals surface area (Å²) in [6.07, 6.45) is 7.78. The van der Waals surface area contributed by atoms with Gasteiger partial charge in [-0.2, -0.15) is 0 Å². The topological polar surface area (TPSA) is 46.3 Å². The van der Waals surface area contributed by atoms with E-state index in [0.717, 1.165) is 45.1 Å². The van der Waals surface area contributed by atoms with Gasteiger partial charge in [0.05, 0.1) is 5.92 Å². The minimum absolute atomic E-state index is 0.0160. The zero-order valence-electron chi connectivity index (χ0n) is 19.2. The summed E-state index contributed by atoms with van der Waals surface area (Å²) < 4.78 is 19.6. The van der Waals surface area contributed by atoms with Crippen LogP contribution in [0.4, 0.5) is 4.39 Å². The molecule has 1 aromatic heterocycles. The molecule has 2 aromatic carbocycles. The molecule has 0 spiro atoms. The average Bonchev–Trinajstić information content (AvgIpc) is 3.56. The molecule has 2 unspecified atom stereocenters. The van der Waals surface area contributed by atoms with Crippen LogP contribution in [0.15, 0.2) is 59.2 Å². The third kappa shape index (κ3) is 4.73. The Morgan fingerprint density at radius 3 is 2.58 bits per heavy atom. The second-order valence-electron chi connectivity index (χ2n) is 9.53. The van der Waals surface area contributed by atoms with Crippen molar-refractivity contribution in [2.45, 2.75) is 57.3 Å². The fourth-order valence-corrected chi connectivity index (χ4v) is 5.41. The fraction of sp³-hybridized carbons (Fsp3) is 0.429. The van der Waals surface area contributed by atoms with E-state index < -0.39 is 0 Å². The molecule has 1 aliphatic carbocycles. The van der Waals surface area contributed by atoms with Gasteiger partial charge in [0.1, 0.15) is 17.8 Å². The Balaban J connectivity index is 1.42. The first kappa shape index (κ1) is 21.9. The highest BCUT2D eigenvalue weighted by molar-refractivity contribution is 5.79. The van der Waals surface area contributed by atoms with Crippen molar-refractivity contribution in [1.82, 2.24) is 9.88 Å². The Hall–Kier alpha value is -2.95. The molecule has 1 saturated heterocycles. The van der Waals surface area contributed by atoms with Crippen molar-refractivity contribution in [3.8, 4) is 11.3 Å². The maximum absolute atomic E-state index is 13.7. The second kappa shape index (κ2) is 9.50. The number of hydrogen-bond donors (Lipinski definition) is 0. The predicted molar refractivity (Wildman–Crippen MR) is 126 cm³/mol. The molecule has 4 nitrogen and oxygen atoms in total. The summed E-state index contributed by atoms with van der Waals surface area (Å²) in [5.41, 5.74) is 3.91. The normalized spacial score (nSPS) is 21.5. The first-order valence-electron chi connectivity index (χ1n) is 12.2. The van der Waals surface area contributed by atoms with Gasteiger partial charge in [0.25, 0.3) is 0 Å². The van der Waals surface area contributed by atoms with Crippen LogP contribution < -0.4 is 0 Å². The molecule has 2 aliphatic rings. The molecule has 2 heterocycles. The number of amides is 1. The van der Waals surface area contributed by atoms with E-state index in [2.05, 4.69) is 36.1 Å². The van der Waals surface area contributed by atoms with Crippen LogP contribution in [0.25, 0.3) is 11.3 Å². The van der Waals surface area contributed by atoms with E-state index in [9.17, 15) is 9.18 Å². The molecule has 0 bridgehead atoms. The first-order chi connectivity index (χ1) is 16.1. The van der Waals surface area contributed by atoms with Crippen LogP contribution in [0, 0.1) is 11.7 Å². The molecule has 0 N–H and O–H groups in total. The van der Waals surface area contributed by atoms with Crippen molar-refractivity contribution in [2.24, 2.45) is 5.92 Å². The highest BCUT2D eigenvalue weighted by Gasteiger charge is 2.37. The standard InChI is InChI=1S/C28H31FN2O2/c1-2-19-10-12-20(13-11-19)23-14-24(17-31(16-23)28(32)21-6-3-4-7-21)27-30-26(18-33-27)22-8-5-9-25(29)15-22/h5,8-13,15,18,21,23-24H,2-4,6-7,14,16-17H2,1H3. The maximum Gasteiger partial charge on any atom is 0.225 e. The molecule has 33 heavy (non-hydrogen) atoms. The van der Waals surface area contributed by atoms with Crippen LogP contribution in [-0.4, -0.2) is 28.9 Å². The van der Waals surface area contributed by atoms with Crippen molar-refractivity contribution in [1.29, 1.82) is 0 Å². The van der Waals surface area contributed by atoms with Gasteiger partial charge in [-0.1, -0.05) is 56.2 Å². The van der Waals surface area contributed by atoms with E-state index in [1.54, 1.807) is 12.3 Å². The van der Waals surface area contributed by atoms with Gasteiger partial charge in [-0.15, -0.1) is 0 Å². The number of benzene rings is 2. The minimum atomic E-state index is -0.293. The molecule has 172 valence electrons. The molecule has 1 amide bonds. The molecule has 0 radical (unpaired) electrons. The van der Waals surface area contributed by atoms with Gasteiger partial charge < -0.3 is 9.32 Å². The van der Waals surface area contributed by atoms with Gasteiger partial charge in [-0.3, -0.25) is 4.79 Å². The average molecular weight is 447 g/mol. The molecule has 1 saturated carbocycles. The van der Waals surface area contributed by atoms with Crippen LogP contribution >= 0.6 is 0 Å². The van der Waals surface area contributed by atoms with Crippen LogP contribution in [0.2, 0.25) is 0 Å². The number of piperidine rings is 1. The summed E-state index contributed by atoms with van der Waals surface area (Å²) in [5, 5.41) is 0. The zero-order valence-corrected chi connectivity index (χ0v) is 19.2. The van der Waals surface area contributed by atoms with E-state index >= 15 is 0 Å². The lowest BCUT2D eigenvalue weighted by molar-refractivity contribution is -0.137. The molecule has 1 aliphatic heterocycles. The van der Waals surface area contributed by atoms with Gasteiger partial charge >= 0.3 is 0 Å². The second-order valence-corrected chi connectivity index (χ2v) is 9.53. The smallest absolute Gasteiger partial charge is 0.225 e. The molecule has 5 heteroatoms. The van der Waals surface area contributed by atoms with Gasteiger partial charge in [-0.05, 0) is 48.9 Å². The van der Waals surface area contributed by atoms with E-state index in [1.165, 1.54) is 23.3 Å². The summed E-state index contributed by atoms with van der Waals surface area (Å²) in [4.78, 5) is 20.1. The van der Waals surface area contributed by atoms with Crippen LogP contribution in [0.1, 0.15) is 67.9 Å². The van der Waals surface area contributed by atoms with E-state index in [0.29, 0.717) is 23.7 Å². The van der Waals surface area contributed by atoms with Crippen molar-refractivity contribution >= 4 is 5.91 Å². The minimum Gasteiger partial charge on any atom is -0.448 e. The number of carbonyl (C=O) groups excluding carboxylic acids is 1. The quantitative estimate of drug-likeness (QED) is 0.460. The van der Waals surface area contributed by atoms with Crippen molar-refractivity contribution in [3.63, 3.8) is 0 Å². The molecule has 3 aromatic rings. The number of nitrogens with zero attached hydrogens (tertiary/aromatic N) is 2. The summed E-state index contributed by atoms with van der Waals surface area (Å²) in [5.74, 6) is 1.03. The summed E-state index contributed by atoms with van der Waals surface area (Å²) in [7, 11) is 0. The molecular weight excluding hydrogens is 415 g/mol. The van der Waals surface area contributed by atoms with Crippen LogP contribution in [0.5, 0.6) is 0 Å². The molecule has 5 rings (SSSR count). The lowest BCUT2D eigenvalue weighted by atomic mass is 9.83. The summed E-state index contributed by atoms with van der Waals surface area (Å²) >= 11 is 0. The van der Waals surface area contributed by atoms with Crippen LogP contribution in [-0.2, 0) is 11.2 Å². The number of likely N-dealkylation sites (tertiary alicyclic amines) is 1. The first-order valence-corrected chi connectivity index (χ1v) is 12.2. The lowest BCUT2D eigenvalue weighted by Gasteiger charge is -2.38. The van der Waals surface area contributed by atoms with Crippen LogP contribution in [0.3, 0.4) is 0 Å². The van der Waals surface area contributed by atoms with E-state index in [-0.39, 0.29) is 29.5 Å². The number of rotatable bonds is 5. The SMILES string of the molecule is CCc1ccc(C2CC(c3nc(-c4cccc(F)c4)co3)CN(C(=O)C3CCCC3)C2)cc1. The molecule has 2 fully saturated rings. The van der Waals surface area contributed by atoms with E-state index in [1.807, 2.05) is 6.07 Å². The lowest BCUT2D eigenvalue weighted by Crippen LogP contribution is -2.44. The van der Waals surface area contributed by atoms with Gasteiger partial charge in [-0.25, -0.2) is 9.37 Å². The zero-order chi connectivity index (χ0) is 22.8. The van der Waals surface area contributed by atoms with Crippen molar-refractivity contribution < 1.29 is 13.6 Å². The predicted octanol–water partition coefficient (Wildman–Crippen LogP) is 6.33. The maximum atomic E-state index is 13.7.